The maximum Gasteiger partial charge on any atom is 0.408 e. The fraction of sp³-hybridized carbons (Fsp3) is 0.476. The zero-order valence-corrected chi connectivity index (χ0v) is 17.5. The van der Waals surface area contributed by atoms with Gasteiger partial charge in [0.05, 0.1) is 0 Å². The quantitative estimate of drug-likeness (QED) is 0.566. The molecular formula is C21H29N3O5. The van der Waals surface area contributed by atoms with E-state index >= 15 is 0 Å². The summed E-state index contributed by atoms with van der Waals surface area (Å²) in [6, 6.07) is 6.48. The van der Waals surface area contributed by atoms with E-state index in [-0.39, 0.29) is 12.8 Å². The molecule has 0 aliphatic heterocycles. The normalized spacial score (nSPS) is 13.0. The van der Waals surface area contributed by atoms with Gasteiger partial charge in [-0.3, -0.25) is 4.79 Å². The summed E-state index contributed by atoms with van der Waals surface area (Å²) in [6.07, 6.45) is 1.17. The molecule has 8 nitrogen and oxygen atoms in total. The molecule has 0 bridgehead atoms. The van der Waals surface area contributed by atoms with Crippen molar-refractivity contribution in [2.75, 3.05) is 0 Å². The minimum atomic E-state index is -1.12. The Morgan fingerprint density at radius 3 is 2.41 bits per heavy atom. The molecule has 4 N–H and O–H groups in total. The molecule has 1 aromatic heterocycles. The zero-order valence-electron chi connectivity index (χ0n) is 17.5. The number of amides is 2. The van der Waals surface area contributed by atoms with Crippen LogP contribution in [0.4, 0.5) is 4.79 Å². The first-order chi connectivity index (χ1) is 13.4. The third-order valence-corrected chi connectivity index (χ3v) is 4.17. The molecular weight excluding hydrogens is 374 g/mol. The Hall–Kier alpha value is -3.03. The van der Waals surface area contributed by atoms with Crippen molar-refractivity contribution >= 4 is 28.9 Å². The van der Waals surface area contributed by atoms with E-state index in [0.717, 1.165) is 16.5 Å². The number of carbonyl (C=O) groups is 3. The van der Waals surface area contributed by atoms with Gasteiger partial charge in [-0.15, -0.1) is 0 Å². The molecule has 8 heteroatoms. The molecule has 1 heterocycles. The van der Waals surface area contributed by atoms with Crippen LogP contribution in [-0.2, 0) is 20.7 Å². The van der Waals surface area contributed by atoms with Gasteiger partial charge in [0.1, 0.15) is 11.6 Å². The molecule has 0 fully saturated rings. The highest BCUT2D eigenvalue weighted by Crippen LogP contribution is 2.19. The predicted molar refractivity (Wildman–Crippen MR) is 110 cm³/mol. The number of rotatable bonds is 7. The fourth-order valence-corrected chi connectivity index (χ4v) is 2.99. The van der Waals surface area contributed by atoms with Crippen molar-refractivity contribution < 1.29 is 24.2 Å². The summed E-state index contributed by atoms with van der Waals surface area (Å²) in [5, 5.41) is 15.7. The lowest BCUT2D eigenvalue weighted by Crippen LogP contribution is -2.50. The molecule has 2 aromatic rings. The van der Waals surface area contributed by atoms with Crippen molar-refractivity contribution in [1.82, 2.24) is 15.6 Å². The van der Waals surface area contributed by atoms with Crippen LogP contribution in [0.15, 0.2) is 30.5 Å². The van der Waals surface area contributed by atoms with E-state index in [9.17, 15) is 19.5 Å². The van der Waals surface area contributed by atoms with Crippen molar-refractivity contribution in [2.45, 2.75) is 64.6 Å². The van der Waals surface area contributed by atoms with Gasteiger partial charge in [0.2, 0.25) is 5.91 Å². The molecule has 0 unspecified atom stereocenters. The average Bonchev–Trinajstić information content (AvgIpc) is 2.94. The number of H-pyrrole nitrogens is 1. The Morgan fingerprint density at radius 1 is 1.14 bits per heavy atom. The second kappa shape index (κ2) is 8.55. The lowest BCUT2D eigenvalue weighted by molar-refractivity contribution is -0.142. The Kier molecular flexibility index (Phi) is 6.56. The summed E-state index contributed by atoms with van der Waals surface area (Å²) in [5.41, 5.74) is 0.145. The smallest absolute Gasteiger partial charge is 0.408 e. The van der Waals surface area contributed by atoms with E-state index in [1.54, 1.807) is 40.8 Å². The van der Waals surface area contributed by atoms with Gasteiger partial charge in [-0.05, 0) is 46.2 Å². The number of para-hydroxylation sites is 1. The molecule has 158 valence electrons. The molecule has 29 heavy (non-hydrogen) atoms. The number of alkyl carbamates (subject to hydrolysis) is 1. The number of hydrogen-bond acceptors (Lipinski definition) is 4. The highest BCUT2D eigenvalue weighted by molar-refractivity contribution is 5.87. The van der Waals surface area contributed by atoms with E-state index in [0.29, 0.717) is 0 Å². The molecule has 0 aliphatic carbocycles. The second-order valence-corrected chi connectivity index (χ2v) is 8.71. The highest BCUT2D eigenvalue weighted by Gasteiger charge is 2.29. The third kappa shape index (κ3) is 6.81. The zero-order chi connectivity index (χ0) is 21.8. The van der Waals surface area contributed by atoms with Crippen LogP contribution in [0, 0.1) is 0 Å². The maximum absolute atomic E-state index is 12.5. The molecule has 0 radical (unpaired) electrons. The number of carboxylic acid groups (broad SMARTS) is 1. The van der Waals surface area contributed by atoms with Gasteiger partial charge >= 0.3 is 12.1 Å². The predicted octanol–water partition coefficient (Wildman–Crippen LogP) is 2.97. The van der Waals surface area contributed by atoms with Crippen LogP contribution < -0.4 is 10.6 Å². The molecule has 0 spiro atoms. The van der Waals surface area contributed by atoms with Crippen LogP contribution in [0.25, 0.3) is 10.9 Å². The molecule has 0 aliphatic rings. The van der Waals surface area contributed by atoms with E-state index in [4.69, 9.17) is 4.74 Å². The number of aliphatic carboxylic acids is 1. The average molecular weight is 403 g/mol. The summed E-state index contributed by atoms with van der Waals surface area (Å²) >= 11 is 0. The number of ether oxygens (including phenoxy) is 1. The van der Waals surface area contributed by atoms with Gasteiger partial charge in [0, 0.05) is 35.5 Å². The van der Waals surface area contributed by atoms with E-state index in [2.05, 4.69) is 15.6 Å². The Balaban J connectivity index is 2.00. The molecule has 1 aromatic carbocycles. The second-order valence-electron chi connectivity index (χ2n) is 8.71. The van der Waals surface area contributed by atoms with Crippen LogP contribution in [0.2, 0.25) is 0 Å². The standard InChI is InChI=1S/C21H29N3O5/c1-20(2,3)29-19(28)24-21(4,5)11-17(25)23-16(18(26)27)10-13-12-22-15-9-7-6-8-14(13)15/h6-9,12,16,22H,10-11H2,1-5H3,(H,23,25)(H,24,28)(H,26,27)/t16-/m1/s1. The van der Waals surface area contributed by atoms with Crippen molar-refractivity contribution in [2.24, 2.45) is 0 Å². The number of benzene rings is 1. The minimum absolute atomic E-state index is 0.0933. The number of carboxylic acids is 1. The monoisotopic (exact) mass is 403 g/mol. The van der Waals surface area contributed by atoms with E-state index in [1.807, 2.05) is 24.3 Å². The molecule has 0 saturated heterocycles. The highest BCUT2D eigenvalue weighted by atomic mass is 16.6. The SMILES string of the molecule is CC(C)(CC(=O)N[C@H](Cc1c[nH]c2ccccc12)C(=O)O)NC(=O)OC(C)(C)C. The summed E-state index contributed by atoms with van der Waals surface area (Å²) in [5.74, 6) is -1.60. The number of carbonyl (C=O) groups excluding carboxylic acids is 2. The first kappa shape index (κ1) is 22.3. The Morgan fingerprint density at radius 2 is 1.79 bits per heavy atom. The first-order valence-electron chi connectivity index (χ1n) is 9.45. The lowest BCUT2D eigenvalue weighted by atomic mass is 9.99. The van der Waals surface area contributed by atoms with E-state index in [1.165, 1.54) is 0 Å². The molecule has 2 rings (SSSR count). The summed E-state index contributed by atoms with van der Waals surface area (Å²) < 4.78 is 5.21. The van der Waals surface area contributed by atoms with Crippen molar-refractivity contribution in [1.29, 1.82) is 0 Å². The lowest BCUT2D eigenvalue weighted by Gasteiger charge is -2.28. The third-order valence-electron chi connectivity index (χ3n) is 4.17. The van der Waals surface area contributed by atoms with E-state index < -0.39 is 35.2 Å². The van der Waals surface area contributed by atoms with Crippen molar-refractivity contribution in [3.63, 3.8) is 0 Å². The largest absolute Gasteiger partial charge is 0.480 e. The first-order valence-corrected chi connectivity index (χ1v) is 9.45. The van der Waals surface area contributed by atoms with Gasteiger partial charge in [-0.1, -0.05) is 18.2 Å². The topological polar surface area (TPSA) is 121 Å². The molecule has 1 atom stereocenters. The van der Waals surface area contributed by atoms with Crippen molar-refractivity contribution in [3.05, 3.63) is 36.0 Å². The van der Waals surface area contributed by atoms with Crippen LogP contribution in [0.1, 0.15) is 46.6 Å². The number of aromatic nitrogens is 1. The molecule has 0 saturated carbocycles. The minimum Gasteiger partial charge on any atom is -0.480 e. The Labute approximate surface area is 170 Å². The van der Waals surface area contributed by atoms with Crippen LogP contribution in [0.5, 0.6) is 0 Å². The number of hydrogen-bond donors (Lipinski definition) is 4. The summed E-state index contributed by atoms with van der Waals surface area (Å²) in [7, 11) is 0. The van der Waals surface area contributed by atoms with Gasteiger partial charge < -0.3 is 25.5 Å². The summed E-state index contributed by atoms with van der Waals surface area (Å²) in [4.78, 5) is 39.2. The number of aromatic amines is 1. The number of nitrogens with one attached hydrogen (secondary N) is 3. The van der Waals surface area contributed by atoms with Gasteiger partial charge in [0.25, 0.3) is 0 Å². The van der Waals surface area contributed by atoms with Gasteiger partial charge in [-0.2, -0.15) is 0 Å². The van der Waals surface area contributed by atoms with Gasteiger partial charge in [0.15, 0.2) is 0 Å². The van der Waals surface area contributed by atoms with Crippen LogP contribution >= 0.6 is 0 Å². The van der Waals surface area contributed by atoms with Crippen molar-refractivity contribution in [3.8, 4) is 0 Å². The van der Waals surface area contributed by atoms with Gasteiger partial charge in [-0.25, -0.2) is 9.59 Å². The summed E-state index contributed by atoms with van der Waals surface area (Å²) in [6.45, 7) is 8.58. The molecule has 2 amide bonds. The number of fused-ring (bicyclic) bond motifs is 1. The van der Waals surface area contributed by atoms with Crippen LogP contribution in [-0.4, -0.2) is 45.2 Å². The van der Waals surface area contributed by atoms with Crippen LogP contribution in [0.3, 0.4) is 0 Å². The Bertz CT molecular complexity index is 895. The fourth-order valence-electron chi connectivity index (χ4n) is 2.99. The maximum atomic E-state index is 12.5.